The Kier molecular flexibility index (Phi) is 4.10. The van der Waals surface area contributed by atoms with Gasteiger partial charge in [0.25, 0.3) is 5.91 Å². The van der Waals surface area contributed by atoms with Crippen LogP contribution in [0.4, 0.5) is 5.69 Å². The molecule has 0 bridgehead atoms. The predicted molar refractivity (Wildman–Crippen MR) is 74.3 cm³/mol. The first-order chi connectivity index (χ1) is 9.22. The number of carbonyl (C=O) groups excluding carboxylic acids is 1. The van der Waals surface area contributed by atoms with E-state index in [4.69, 9.17) is 5.84 Å². The van der Waals surface area contributed by atoms with E-state index in [1.165, 1.54) is 0 Å². The molecular weight excluding hydrogens is 240 g/mol. The molecule has 3 N–H and O–H groups in total. The average Bonchev–Trinajstić information content (AvgIpc) is 2.47. The van der Waals surface area contributed by atoms with Crippen LogP contribution in [0.5, 0.6) is 0 Å². The first-order valence-electron chi connectivity index (χ1n) is 5.92. The summed E-state index contributed by atoms with van der Waals surface area (Å²) in [4.78, 5) is 18.0. The topological polar surface area (TPSA) is 71.2 Å². The number of pyridine rings is 1. The number of carbonyl (C=O) groups is 1. The first kappa shape index (κ1) is 13.0. The Hall–Kier alpha value is -2.40. The lowest BCUT2D eigenvalue weighted by Crippen LogP contribution is -2.27. The second-order valence-electron chi connectivity index (χ2n) is 4.21. The zero-order chi connectivity index (χ0) is 13.7. The average molecular weight is 256 g/mol. The highest BCUT2D eigenvalue weighted by Gasteiger charge is 2.15. The molecular formula is C14H16N4O. The quantitative estimate of drug-likeness (QED) is 0.644. The number of amides is 1. The van der Waals surface area contributed by atoms with Crippen LogP contribution in [0.2, 0.25) is 0 Å². The number of nitrogens with zero attached hydrogens (tertiary/aromatic N) is 2. The zero-order valence-electron chi connectivity index (χ0n) is 10.7. The smallest absolute Gasteiger partial charge is 0.256 e. The fourth-order valence-corrected chi connectivity index (χ4v) is 1.84. The Balaban J connectivity index is 2.15. The summed E-state index contributed by atoms with van der Waals surface area (Å²) in [6.07, 6.45) is 3.45. The molecule has 5 nitrogen and oxygen atoms in total. The summed E-state index contributed by atoms with van der Waals surface area (Å²) in [5.74, 6) is 5.32. The number of rotatable bonds is 4. The zero-order valence-corrected chi connectivity index (χ0v) is 10.7. The van der Waals surface area contributed by atoms with Crippen molar-refractivity contribution in [3.05, 3.63) is 59.9 Å². The predicted octanol–water partition coefficient (Wildman–Crippen LogP) is 1.64. The molecule has 0 aliphatic heterocycles. The lowest BCUT2D eigenvalue weighted by Gasteiger charge is -2.18. The van der Waals surface area contributed by atoms with Crippen molar-refractivity contribution in [1.82, 2.24) is 9.88 Å². The number of benzene rings is 1. The van der Waals surface area contributed by atoms with Crippen LogP contribution >= 0.6 is 0 Å². The highest BCUT2D eigenvalue weighted by Crippen LogP contribution is 2.16. The summed E-state index contributed by atoms with van der Waals surface area (Å²) in [5, 5.41) is 0. The standard InChI is InChI=1S/C14H16N4O/c1-18(10-11-5-4-8-16-9-11)14(19)12-6-2-3-7-13(12)17-15/h2-9,17H,10,15H2,1H3. The molecule has 5 heteroatoms. The van der Waals surface area contributed by atoms with E-state index in [0.29, 0.717) is 17.8 Å². The van der Waals surface area contributed by atoms with Crippen LogP contribution in [0, 0.1) is 0 Å². The van der Waals surface area contributed by atoms with E-state index in [1.54, 1.807) is 36.5 Å². The summed E-state index contributed by atoms with van der Waals surface area (Å²) in [6.45, 7) is 0.506. The third-order valence-electron chi connectivity index (χ3n) is 2.80. The van der Waals surface area contributed by atoms with Gasteiger partial charge in [0, 0.05) is 26.0 Å². The molecule has 19 heavy (non-hydrogen) atoms. The van der Waals surface area contributed by atoms with Gasteiger partial charge in [-0.15, -0.1) is 0 Å². The summed E-state index contributed by atoms with van der Waals surface area (Å²) < 4.78 is 0. The molecule has 0 saturated carbocycles. The van der Waals surface area contributed by atoms with Crippen molar-refractivity contribution in [3.63, 3.8) is 0 Å². The largest absolute Gasteiger partial charge is 0.337 e. The van der Waals surface area contributed by atoms with E-state index in [9.17, 15) is 4.79 Å². The van der Waals surface area contributed by atoms with E-state index in [2.05, 4.69) is 10.4 Å². The van der Waals surface area contributed by atoms with Crippen molar-refractivity contribution >= 4 is 11.6 Å². The minimum atomic E-state index is -0.0857. The van der Waals surface area contributed by atoms with Crippen molar-refractivity contribution in [2.75, 3.05) is 12.5 Å². The number of anilines is 1. The normalized spacial score (nSPS) is 10.0. The van der Waals surface area contributed by atoms with Gasteiger partial charge in [-0.05, 0) is 23.8 Å². The lowest BCUT2D eigenvalue weighted by molar-refractivity contribution is 0.0786. The highest BCUT2D eigenvalue weighted by atomic mass is 16.2. The first-order valence-corrected chi connectivity index (χ1v) is 5.92. The number of hydrogen-bond acceptors (Lipinski definition) is 4. The molecule has 0 saturated heterocycles. The van der Waals surface area contributed by atoms with Crippen LogP contribution in [0.3, 0.4) is 0 Å². The summed E-state index contributed by atoms with van der Waals surface area (Å²) in [6, 6.07) is 10.9. The van der Waals surface area contributed by atoms with Crippen LogP contribution in [0.25, 0.3) is 0 Å². The second kappa shape index (κ2) is 5.97. The molecule has 98 valence electrons. The molecule has 0 aliphatic rings. The molecule has 1 aromatic heterocycles. The maximum Gasteiger partial charge on any atom is 0.256 e. The van der Waals surface area contributed by atoms with Gasteiger partial charge in [0.1, 0.15) is 0 Å². The minimum absolute atomic E-state index is 0.0857. The number of nitrogens with two attached hydrogens (primary N) is 1. The molecule has 0 unspecified atom stereocenters. The molecule has 1 heterocycles. The van der Waals surface area contributed by atoms with Gasteiger partial charge >= 0.3 is 0 Å². The van der Waals surface area contributed by atoms with Gasteiger partial charge in [0.2, 0.25) is 0 Å². The van der Waals surface area contributed by atoms with Crippen LogP contribution in [-0.4, -0.2) is 22.8 Å². The van der Waals surface area contributed by atoms with E-state index in [-0.39, 0.29) is 5.91 Å². The molecule has 0 fully saturated rings. The Morgan fingerprint density at radius 3 is 2.79 bits per heavy atom. The highest BCUT2D eigenvalue weighted by molar-refractivity contribution is 5.99. The minimum Gasteiger partial charge on any atom is -0.337 e. The fraction of sp³-hybridized carbons (Fsp3) is 0.143. The molecule has 1 amide bonds. The summed E-state index contributed by atoms with van der Waals surface area (Å²) >= 11 is 0. The van der Waals surface area contributed by atoms with E-state index >= 15 is 0 Å². The van der Waals surface area contributed by atoms with E-state index in [1.807, 2.05) is 24.3 Å². The fourth-order valence-electron chi connectivity index (χ4n) is 1.84. The van der Waals surface area contributed by atoms with Gasteiger partial charge in [-0.2, -0.15) is 0 Å². The number of aromatic nitrogens is 1. The van der Waals surface area contributed by atoms with E-state index < -0.39 is 0 Å². The van der Waals surface area contributed by atoms with Gasteiger partial charge in [-0.3, -0.25) is 15.6 Å². The Morgan fingerprint density at radius 2 is 2.11 bits per heavy atom. The SMILES string of the molecule is CN(Cc1cccnc1)C(=O)c1ccccc1NN. The van der Waals surface area contributed by atoms with Crippen molar-refractivity contribution in [2.24, 2.45) is 5.84 Å². The summed E-state index contributed by atoms with van der Waals surface area (Å²) in [7, 11) is 1.75. The van der Waals surface area contributed by atoms with Gasteiger partial charge in [-0.25, -0.2) is 0 Å². The molecule has 0 aliphatic carbocycles. The number of hydrazine groups is 1. The maximum absolute atomic E-state index is 12.3. The van der Waals surface area contributed by atoms with Crippen molar-refractivity contribution in [3.8, 4) is 0 Å². The Bertz CT molecular complexity index is 556. The summed E-state index contributed by atoms with van der Waals surface area (Å²) in [5.41, 5.74) is 4.69. The van der Waals surface area contributed by atoms with Crippen LogP contribution in [0.1, 0.15) is 15.9 Å². The third-order valence-corrected chi connectivity index (χ3v) is 2.80. The molecule has 0 spiro atoms. The van der Waals surface area contributed by atoms with Gasteiger partial charge in [-0.1, -0.05) is 18.2 Å². The molecule has 1 aromatic carbocycles. The number of para-hydroxylation sites is 1. The van der Waals surface area contributed by atoms with Crippen molar-refractivity contribution in [2.45, 2.75) is 6.54 Å². The number of nitrogens with one attached hydrogen (secondary N) is 1. The van der Waals surface area contributed by atoms with Crippen molar-refractivity contribution < 1.29 is 4.79 Å². The van der Waals surface area contributed by atoms with E-state index in [0.717, 1.165) is 5.56 Å². The van der Waals surface area contributed by atoms with Gasteiger partial charge in [0.15, 0.2) is 0 Å². The monoisotopic (exact) mass is 256 g/mol. The second-order valence-corrected chi connectivity index (χ2v) is 4.21. The third kappa shape index (κ3) is 3.08. The van der Waals surface area contributed by atoms with Crippen LogP contribution < -0.4 is 11.3 Å². The molecule has 0 atom stereocenters. The van der Waals surface area contributed by atoms with Crippen LogP contribution in [0.15, 0.2) is 48.8 Å². The van der Waals surface area contributed by atoms with Gasteiger partial charge in [0.05, 0.1) is 11.3 Å². The Labute approximate surface area is 112 Å². The Morgan fingerprint density at radius 1 is 1.32 bits per heavy atom. The lowest BCUT2D eigenvalue weighted by atomic mass is 10.1. The van der Waals surface area contributed by atoms with Gasteiger partial charge < -0.3 is 10.3 Å². The molecule has 2 aromatic rings. The van der Waals surface area contributed by atoms with Crippen molar-refractivity contribution in [1.29, 1.82) is 0 Å². The molecule has 2 rings (SSSR count). The van der Waals surface area contributed by atoms with Crippen LogP contribution in [-0.2, 0) is 6.54 Å². The maximum atomic E-state index is 12.3. The number of hydrogen-bond donors (Lipinski definition) is 2. The number of nitrogen functional groups attached to an aromatic ring is 1. The molecule has 0 radical (unpaired) electrons.